The van der Waals surface area contributed by atoms with Crippen molar-refractivity contribution in [3.05, 3.63) is 54.2 Å². The van der Waals surface area contributed by atoms with Crippen LogP contribution in [0.1, 0.15) is 18.4 Å². The normalized spacial score (nSPS) is 13.9. The zero-order valence-corrected chi connectivity index (χ0v) is 15.9. The molecule has 1 saturated heterocycles. The number of nitrogens with zero attached hydrogens (tertiary/aromatic N) is 2. The molecule has 1 aromatic heterocycles. The number of amides is 2. The van der Waals surface area contributed by atoms with Crippen LogP contribution in [0.2, 0.25) is 0 Å². The van der Waals surface area contributed by atoms with E-state index in [-0.39, 0.29) is 11.8 Å². The lowest BCUT2D eigenvalue weighted by Gasteiger charge is -2.27. The number of pyridine rings is 1. The zero-order chi connectivity index (χ0) is 19.6. The first kappa shape index (κ1) is 19.8. The van der Waals surface area contributed by atoms with E-state index in [0.29, 0.717) is 44.8 Å². The van der Waals surface area contributed by atoms with Crippen LogP contribution in [0.25, 0.3) is 0 Å². The number of hydrogen-bond acceptors (Lipinski definition) is 5. The van der Waals surface area contributed by atoms with Gasteiger partial charge in [-0.05, 0) is 30.5 Å². The fraction of sp³-hybridized carbons (Fsp3) is 0.381. The molecule has 2 heterocycles. The topological polar surface area (TPSA) is 83.6 Å². The highest BCUT2D eigenvalue weighted by molar-refractivity contribution is 5.90. The summed E-state index contributed by atoms with van der Waals surface area (Å²) in [7, 11) is 0. The quantitative estimate of drug-likeness (QED) is 0.648. The minimum Gasteiger partial charge on any atom is -0.381 e. The molecule has 0 bridgehead atoms. The molecule has 2 aromatic rings. The Morgan fingerprint density at radius 2 is 2.04 bits per heavy atom. The fourth-order valence-corrected chi connectivity index (χ4v) is 2.98. The van der Waals surface area contributed by atoms with Crippen molar-refractivity contribution in [1.82, 2.24) is 10.3 Å². The summed E-state index contributed by atoms with van der Waals surface area (Å²) in [5.41, 5.74) is 1.90. The van der Waals surface area contributed by atoms with E-state index >= 15 is 0 Å². The third-order valence-electron chi connectivity index (χ3n) is 4.46. The van der Waals surface area contributed by atoms with E-state index in [1.165, 1.54) is 5.56 Å². The second kappa shape index (κ2) is 10.4. The van der Waals surface area contributed by atoms with Gasteiger partial charge in [0.1, 0.15) is 5.82 Å². The van der Waals surface area contributed by atoms with Gasteiger partial charge in [-0.3, -0.25) is 9.59 Å². The summed E-state index contributed by atoms with van der Waals surface area (Å²) >= 11 is 0. The molecule has 7 heteroatoms. The largest absolute Gasteiger partial charge is 0.381 e. The van der Waals surface area contributed by atoms with E-state index in [2.05, 4.69) is 27.8 Å². The molecule has 0 aliphatic carbocycles. The van der Waals surface area contributed by atoms with E-state index in [1.54, 1.807) is 6.20 Å². The van der Waals surface area contributed by atoms with Gasteiger partial charge in [-0.15, -0.1) is 0 Å². The van der Waals surface area contributed by atoms with E-state index in [0.717, 1.165) is 18.8 Å². The van der Waals surface area contributed by atoms with Crippen LogP contribution in [-0.2, 0) is 20.7 Å². The van der Waals surface area contributed by atoms with Crippen LogP contribution in [0.5, 0.6) is 0 Å². The van der Waals surface area contributed by atoms with Crippen LogP contribution in [0.3, 0.4) is 0 Å². The minimum atomic E-state index is -0.0569. The molecule has 0 radical (unpaired) electrons. The molecule has 1 aliphatic rings. The summed E-state index contributed by atoms with van der Waals surface area (Å²) in [4.78, 5) is 29.7. The maximum atomic E-state index is 12.0. The number of anilines is 2. The summed E-state index contributed by atoms with van der Waals surface area (Å²) in [5.74, 6) is 0.676. The lowest BCUT2D eigenvalue weighted by atomic mass is 10.2. The van der Waals surface area contributed by atoms with Crippen LogP contribution in [-0.4, -0.2) is 49.6 Å². The minimum absolute atomic E-state index is 0.00332. The van der Waals surface area contributed by atoms with Gasteiger partial charge in [-0.2, -0.15) is 0 Å². The van der Waals surface area contributed by atoms with Crippen molar-refractivity contribution in [1.29, 1.82) is 0 Å². The molecule has 0 saturated carbocycles. The second-order valence-electron chi connectivity index (χ2n) is 6.68. The molecular weight excluding hydrogens is 356 g/mol. The van der Waals surface area contributed by atoms with Gasteiger partial charge in [0.05, 0.1) is 25.0 Å². The number of rotatable bonds is 9. The zero-order valence-electron chi connectivity index (χ0n) is 15.9. The van der Waals surface area contributed by atoms with Crippen LogP contribution >= 0.6 is 0 Å². The monoisotopic (exact) mass is 382 g/mol. The van der Waals surface area contributed by atoms with Crippen LogP contribution in [0.4, 0.5) is 11.5 Å². The first-order valence-electron chi connectivity index (χ1n) is 9.60. The van der Waals surface area contributed by atoms with Crippen LogP contribution < -0.4 is 15.5 Å². The average molecular weight is 382 g/mol. The number of aromatic nitrogens is 1. The van der Waals surface area contributed by atoms with Crippen LogP contribution in [0.15, 0.2) is 48.7 Å². The van der Waals surface area contributed by atoms with Gasteiger partial charge in [0.15, 0.2) is 0 Å². The lowest BCUT2D eigenvalue weighted by Crippen LogP contribution is -2.48. The first-order chi connectivity index (χ1) is 13.7. The van der Waals surface area contributed by atoms with Gasteiger partial charge in [0.2, 0.25) is 11.8 Å². The Hall–Kier alpha value is -2.93. The molecular formula is C21H26N4O3. The van der Waals surface area contributed by atoms with Crippen molar-refractivity contribution in [2.24, 2.45) is 0 Å². The Morgan fingerprint density at radius 3 is 2.79 bits per heavy atom. The van der Waals surface area contributed by atoms with Gasteiger partial charge >= 0.3 is 0 Å². The molecule has 1 aromatic carbocycles. The maximum absolute atomic E-state index is 12.0. The van der Waals surface area contributed by atoms with Gasteiger partial charge in [0.25, 0.3) is 0 Å². The highest BCUT2D eigenvalue weighted by Crippen LogP contribution is 2.15. The summed E-state index contributed by atoms with van der Waals surface area (Å²) in [6.07, 6.45) is 3.58. The number of piperazine rings is 1. The SMILES string of the molecule is O=C1CN(c2ccc(NC(=O)CCCOCCc3ccccc3)cn2)CCN1. The predicted molar refractivity (Wildman–Crippen MR) is 108 cm³/mol. The summed E-state index contributed by atoms with van der Waals surface area (Å²) in [5, 5.41) is 5.63. The van der Waals surface area contributed by atoms with E-state index < -0.39 is 0 Å². The van der Waals surface area contributed by atoms with Gasteiger partial charge in [0, 0.05) is 26.1 Å². The second-order valence-corrected chi connectivity index (χ2v) is 6.68. The summed E-state index contributed by atoms with van der Waals surface area (Å²) in [6, 6.07) is 13.8. The summed E-state index contributed by atoms with van der Waals surface area (Å²) < 4.78 is 5.60. The molecule has 0 spiro atoms. The molecule has 2 N–H and O–H groups in total. The van der Waals surface area contributed by atoms with Crippen LogP contribution in [0, 0.1) is 0 Å². The van der Waals surface area contributed by atoms with Crippen molar-refractivity contribution in [2.75, 3.05) is 43.1 Å². The van der Waals surface area contributed by atoms with Crippen molar-refractivity contribution in [3.8, 4) is 0 Å². The van der Waals surface area contributed by atoms with Crippen molar-refractivity contribution in [3.63, 3.8) is 0 Å². The van der Waals surface area contributed by atoms with Crippen molar-refractivity contribution >= 4 is 23.3 Å². The molecule has 0 atom stereocenters. The number of ether oxygens (including phenoxy) is 1. The number of benzene rings is 1. The smallest absolute Gasteiger partial charge is 0.239 e. The molecule has 0 unspecified atom stereocenters. The van der Waals surface area contributed by atoms with E-state index in [4.69, 9.17) is 4.74 Å². The Morgan fingerprint density at radius 1 is 1.18 bits per heavy atom. The van der Waals surface area contributed by atoms with Gasteiger partial charge in [-0.1, -0.05) is 30.3 Å². The lowest BCUT2D eigenvalue weighted by molar-refractivity contribution is -0.120. The molecule has 1 aliphatic heterocycles. The summed E-state index contributed by atoms with van der Waals surface area (Å²) in [6.45, 7) is 2.88. The predicted octanol–water partition coefficient (Wildman–Crippen LogP) is 2.00. The molecule has 148 valence electrons. The maximum Gasteiger partial charge on any atom is 0.239 e. The van der Waals surface area contributed by atoms with Crippen molar-refractivity contribution in [2.45, 2.75) is 19.3 Å². The highest BCUT2D eigenvalue weighted by atomic mass is 16.5. The third kappa shape index (κ3) is 6.35. The number of nitrogens with one attached hydrogen (secondary N) is 2. The van der Waals surface area contributed by atoms with E-state index in [1.807, 2.05) is 35.2 Å². The Kier molecular flexibility index (Phi) is 7.37. The Labute approximate surface area is 165 Å². The van der Waals surface area contributed by atoms with E-state index in [9.17, 15) is 9.59 Å². The number of carbonyl (C=O) groups is 2. The highest BCUT2D eigenvalue weighted by Gasteiger charge is 2.17. The van der Waals surface area contributed by atoms with Gasteiger partial charge in [-0.25, -0.2) is 4.98 Å². The average Bonchev–Trinajstić information content (AvgIpc) is 2.72. The fourth-order valence-electron chi connectivity index (χ4n) is 2.98. The third-order valence-corrected chi connectivity index (χ3v) is 4.46. The van der Waals surface area contributed by atoms with Gasteiger partial charge < -0.3 is 20.3 Å². The first-order valence-corrected chi connectivity index (χ1v) is 9.60. The molecule has 3 rings (SSSR count). The standard InChI is InChI=1S/C21H26N4O3/c26-20(7-4-13-28-14-10-17-5-2-1-3-6-17)24-18-8-9-19(23-15-18)25-12-11-22-21(27)16-25/h1-3,5-6,8-9,15H,4,7,10-14,16H2,(H,22,27)(H,24,26). The van der Waals surface area contributed by atoms with Crippen molar-refractivity contribution < 1.29 is 14.3 Å². The Bertz CT molecular complexity index is 765. The molecule has 2 amide bonds. The molecule has 28 heavy (non-hydrogen) atoms. The molecule has 7 nitrogen and oxygen atoms in total. The number of hydrogen-bond donors (Lipinski definition) is 2. The Balaban J connectivity index is 1.31. The number of carbonyl (C=O) groups excluding carboxylic acids is 2. The molecule has 1 fully saturated rings.